The summed E-state index contributed by atoms with van der Waals surface area (Å²) in [6.07, 6.45) is 6.50. The quantitative estimate of drug-likeness (QED) is 0.412. The Bertz CT molecular complexity index is 76.6. The van der Waals surface area contributed by atoms with E-state index in [0.717, 1.165) is 6.42 Å². The van der Waals surface area contributed by atoms with Gasteiger partial charge in [-0.1, -0.05) is 12.2 Å². The van der Waals surface area contributed by atoms with E-state index in [9.17, 15) is 0 Å². The zero-order valence-electron chi connectivity index (χ0n) is 4.93. The van der Waals surface area contributed by atoms with Gasteiger partial charge in [-0.25, -0.2) is 0 Å². The van der Waals surface area contributed by atoms with Crippen LogP contribution in [-0.4, -0.2) is 6.67 Å². The van der Waals surface area contributed by atoms with Crippen molar-refractivity contribution in [2.45, 2.75) is 6.42 Å². The van der Waals surface area contributed by atoms with Crippen LogP contribution in [0.15, 0.2) is 24.9 Å². The highest BCUT2D eigenvalue weighted by molar-refractivity contribution is 4.86. The van der Waals surface area contributed by atoms with E-state index in [0.29, 0.717) is 6.67 Å². The van der Waals surface area contributed by atoms with Crippen LogP contribution in [0.5, 0.6) is 0 Å². The minimum Gasteiger partial charge on any atom is -0.379 e. The molecule has 0 saturated carbocycles. The summed E-state index contributed by atoms with van der Waals surface area (Å²) in [6.45, 7) is 4.04. The molecule has 0 aliphatic rings. The molecule has 0 unspecified atom stereocenters. The Balaban J connectivity index is 2.94. The molecule has 0 aromatic rings. The second kappa shape index (κ2) is 6.24. The smallest absolute Gasteiger partial charge is 0.0622 e. The number of hydrogen-bond acceptors (Lipinski definition) is 2. The molecule has 0 bridgehead atoms. The van der Waals surface area contributed by atoms with Gasteiger partial charge >= 0.3 is 0 Å². The Labute approximate surface area is 50.1 Å². The molecular formula is C6H12N2. The molecule has 2 nitrogen and oxygen atoms in total. The summed E-state index contributed by atoms with van der Waals surface area (Å²) in [5, 5.41) is 2.83. The maximum Gasteiger partial charge on any atom is 0.0622 e. The van der Waals surface area contributed by atoms with Gasteiger partial charge in [-0.2, -0.15) is 0 Å². The first kappa shape index (κ1) is 7.24. The van der Waals surface area contributed by atoms with Crippen LogP contribution in [-0.2, 0) is 0 Å². The van der Waals surface area contributed by atoms with Crippen molar-refractivity contribution in [3.05, 3.63) is 24.9 Å². The summed E-state index contributed by atoms with van der Waals surface area (Å²) in [6, 6.07) is 0. The number of nitrogens with two attached hydrogens (primary N) is 1. The number of hydrogen-bond donors (Lipinski definition) is 2. The standard InChI is InChI=1S/C6H12N2/c1-2-3-4-5-8-6-7/h2,4-5,8H,1,3,6-7H2/b5-4+. The Kier molecular flexibility index (Phi) is 5.65. The summed E-state index contributed by atoms with van der Waals surface area (Å²) >= 11 is 0. The third-order valence-corrected chi connectivity index (χ3v) is 0.656. The lowest BCUT2D eigenvalue weighted by molar-refractivity contribution is 0.880. The van der Waals surface area contributed by atoms with Gasteiger partial charge in [0.2, 0.25) is 0 Å². The van der Waals surface area contributed by atoms with Gasteiger partial charge in [-0.15, -0.1) is 6.58 Å². The van der Waals surface area contributed by atoms with Gasteiger partial charge in [0.25, 0.3) is 0 Å². The third-order valence-electron chi connectivity index (χ3n) is 0.656. The van der Waals surface area contributed by atoms with E-state index in [-0.39, 0.29) is 0 Å². The minimum atomic E-state index is 0.494. The topological polar surface area (TPSA) is 38.0 Å². The Morgan fingerprint density at radius 2 is 2.38 bits per heavy atom. The van der Waals surface area contributed by atoms with Crippen molar-refractivity contribution in [3.8, 4) is 0 Å². The Hall–Kier alpha value is -0.760. The molecule has 8 heavy (non-hydrogen) atoms. The molecule has 2 heteroatoms. The molecule has 0 rings (SSSR count). The lowest BCUT2D eigenvalue weighted by atomic mass is 10.4. The highest BCUT2D eigenvalue weighted by Crippen LogP contribution is 1.78. The molecule has 0 atom stereocenters. The zero-order chi connectivity index (χ0) is 6.24. The van der Waals surface area contributed by atoms with Crippen LogP contribution in [0.2, 0.25) is 0 Å². The SMILES string of the molecule is C=CC/C=C/NCN. The highest BCUT2D eigenvalue weighted by Gasteiger charge is 1.65. The monoisotopic (exact) mass is 112 g/mol. The van der Waals surface area contributed by atoms with E-state index in [4.69, 9.17) is 5.73 Å². The van der Waals surface area contributed by atoms with E-state index in [2.05, 4.69) is 11.9 Å². The molecule has 0 amide bonds. The summed E-state index contributed by atoms with van der Waals surface area (Å²) in [7, 11) is 0. The molecule has 0 aliphatic carbocycles. The average Bonchev–Trinajstić information content (AvgIpc) is 1.81. The molecule has 0 aromatic heterocycles. The maximum atomic E-state index is 5.12. The summed E-state index contributed by atoms with van der Waals surface area (Å²) in [5.74, 6) is 0. The first-order valence-electron chi connectivity index (χ1n) is 2.61. The van der Waals surface area contributed by atoms with Crippen molar-refractivity contribution in [2.75, 3.05) is 6.67 Å². The molecule has 0 radical (unpaired) electrons. The van der Waals surface area contributed by atoms with Gasteiger partial charge in [-0.3, -0.25) is 0 Å². The third kappa shape index (κ3) is 5.24. The molecular weight excluding hydrogens is 100 g/mol. The largest absolute Gasteiger partial charge is 0.379 e. The van der Waals surface area contributed by atoms with E-state index in [1.54, 1.807) is 0 Å². The first-order valence-corrected chi connectivity index (χ1v) is 2.61. The predicted octanol–water partition coefficient (Wildman–Crippen LogP) is 0.582. The highest BCUT2D eigenvalue weighted by atomic mass is 14.9. The van der Waals surface area contributed by atoms with Crippen LogP contribution in [0.3, 0.4) is 0 Å². The van der Waals surface area contributed by atoms with Crippen LogP contribution in [0, 0.1) is 0 Å². The fourth-order valence-electron chi connectivity index (χ4n) is 0.316. The summed E-state index contributed by atoms with van der Waals surface area (Å²) in [5.41, 5.74) is 5.12. The van der Waals surface area contributed by atoms with Crippen LogP contribution in [0.4, 0.5) is 0 Å². The summed E-state index contributed by atoms with van der Waals surface area (Å²) in [4.78, 5) is 0. The van der Waals surface area contributed by atoms with E-state index >= 15 is 0 Å². The van der Waals surface area contributed by atoms with Gasteiger partial charge in [0.1, 0.15) is 0 Å². The average molecular weight is 112 g/mol. The van der Waals surface area contributed by atoms with Crippen LogP contribution >= 0.6 is 0 Å². The summed E-state index contributed by atoms with van der Waals surface area (Å²) < 4.78 is 0. The van der Waals surface area contributed by atoms with Crippen LogP contribution < -0.4 is 11.1 Å². The Morgan fingerprint density at radius 3 is 2.88 bits per heavy atom. The molecule has 0 aromatic carbocycles. The van der Waals surface area contributed by atoms with Crippen molar-refractivity contribution in [1.82, 2.24) is 5.32 Å². The van der Waals surface area contributed by atoms with Gasteiger partial charge in [0, 0.05) is 0 Å². The number of allylic oxidation sites excluding steroid dienone is 2. The fraction of sp³-hybridized carbons (Fsp3) is 0.333. The van der Waals surface area contributed by atoms with Crippen LogP contribution in [0.1, 0.15) is 6.42 Å². The number of nitrogens with one attached hydrogen (secondary N) is 1. The van der Waals surface area contributed by atoms with E-state index in [1.165, 1.54) is 0 Å². The van der Waals surface area contributed by atoms with Crippen molar-refractivity contribution in [1.29, 1.82) is 0 Å². The van der Waals surface area contributed by atoms with E-state index in [1.807, 2.05) is 18.4 Å². The molecule has 0 fully saturated rings. The van der Waals surface area contributed by atoms with Gasteiger partial charge in [-0.05, 0) is 12.6 Å². The van der Waals surface area contributed by atoms with Gasteiger partial charge < -0.3 is 11.1 Å². The van der Waals surface area contributed by atoms with Crippen LogP contribution in [0.25, 0.3) is 0 Å². The second-order valence-corrected chi connectivity index (χ2v) is 1.33. The second-order valence-electron chi connectivity index (χ2n) is 1.33. The predicted molar refractivity (Wildman–Crippen MR) is 36.1 cm³/mol. The van der Waals surface area contributed by atoms with Gasteiger partial charge in [0.05, 0.1) is 6.67 Å². The lowest BCUT2D eigenvalue weighted by Crippen LogP contribution is -2.15. The van der Waals surface area contributed by atoms with Gasteiger partial charge in [0.15, 0.2) is 0 Å². The Morgan fingerprint density at radius 1 is 1.62 bits per heavy atom. The molecule has 46 valence electrons. The van der Waals surface area contributed by atoms with E-state index < -0.39 is 0 Å². The first-order chi connectivity index (χ1) is 3.91. The van der Waals surface area contributed by atoms with Crippen molar-refractivity contribution >= 4 is 0 Å². The minimum absolute atomic E-state index is 0.494. The molecule has 0 saturated heterocycles. The normalized spacial score (nSPS) is 9.62. The van der Waals surface area contributed by atoms with Crippen molar-refractivity contribution in [2.24, 2.45) is 5.73 Å². The lowest BCUT2D eigenvalue weighted by Gasteiger charge is -1.88. The zero-order valence-corrected chi connectivity index (χ0v) is 4.93. The fourth-order valence-corrected chi connectivity index (χ4v) is 0.316. The van der Waals surface area contributed by atoms with Crippen molar-refractivity contribution < 1.29 is 0 Å². The van der Waals surface area contributed by atoms with Crippen molar-refractivity contribution in [3.63, 3.8) is 0 Å². The molecule has 0 aliphatic heterocycles. The molecule has 3 N–H and O–H groups in total. The number of rotatable bonds is 4. The maximum absolute atomic E-state index is 5.12. The molecule has 0 heterocycles. The molecule has 0 spiro atoms.